The second-order valence-electron chi connectivity index (χ2n) is 6.24. The Morgan fingerprint density at radius 2 is 2.00 bits per heavy atom. The Balaban J connectivity index is 1.75. The van der Waals surface area contributed by atoms with Crippen LogP contribution in [0.25, 0.3) is 10.9 Å². The van der Waals surface area contributed by atoms with Crippen LogP contribution in [0.2, 0.25) is 0 Å². The molecule has 1 unspecified atom stereocenters. The van der Waals surface area contributed by atoms with Gasteiger partial charge < -0.3 is 10.3 Å². The quantitative estimate of drug-likeness (QED) is 0.796. The lowest BCUT2D eigenvalue weighted by Crippen LogP contribution is -2.29. The molecular formula is C18H26N2O. The lowest BCUT2D eigenvalue weighted by atomic mass is 9.98. The number of aromatic nitrogens is 1. The van der Waals surface area contributed by atoms with Crippen LogP contribution in [0, 0.1) is 11.8 Å². The van der Waals surface area contributed by atoms with Crippen molar-refractivity contribution >= 4 is 16.8 Å². The molecule has 0 bridgehead atoms. The number of carbonyl (C=O) groups excluding carboxylic acids is 1. The molecular weight excluding hydrogens is 260 g/mol. The van der Waals surface area contributed by atoms with E-state index in [1.54, 1.807) is 0 Å². The molecule has 114 valence electrons. The maximum Gasteiger partial charge on any atom is 0.220 e. The number of fused-ring (bicyclic) bond motifs is 1. The summed E-state index contributed by atoms with van der Waals surface area (Å²) < 4.78 is 0. The number of carbonyl (C=O) groups is 1. The SMILES string of the molecule is CC(C)C(C)CNC(=O)CCCc1c[nH]c2ccccc12. The summed E-state index contributed by atoms with van der Waals surface area (Å²) in [6.45, 7) is 7.34. The third kappa shape index (κ3) is 4.35. The zero-order valence-electron chi connectivity index (χ0n) is 13.3. The number of rotatable bonds is 7. The molecule has 0 radical (unpaired) electrons. The van der Waals surface area contributed by atoms with Crippen molar-refractivity contribution in [3.05, 3.63) is 36.0 Å². The van der Waals surface area contributed by atoms with Gasteiger partial charge in [0, 0.05) is 30.1 Å². The molecule has 0 aliphatic carbocycles. The standard InChI is InChI=1S/C18H26N2O/c1-13(2)14(3)11-20-18(21)10-6-7-15-12-19-17-9-5-4-8-16(15)17/h4-5,8-9,12-14,19H,6-7,10-11H2,1-3H3,(H,20,21). The molecule has 0 saturated carbocycles. The van der Waals surface area contributed by atoms with Crippen LogP contribution in [0.4, 0.5) is 0 Å². The predicted octanol–water partition coefficient (Wildman–Crippen LogP) is 3.90. The lowest BCUT2D eigenvalue weighted by Gasteiger charge is -2.15. The number of hydrogen-bond donors (Lipinski definition) is 2. The first-order valence-corrected chi connectivity index (χ1v) is 7.89. The van der Waals surface area contributed by atoms with Crippen molar-refractivity contribution < 1.29 is 4.79 Å². The summed E-state index contributed by atoms with van der Waals surface area (Å²) in [4.78, 5) is 15.1. The summed E-state index contributed by atoms with van der Waals surface area (Å²) >= 11 is 0. The fourth-order valence-electron chi connectivity index (χ4n) is 2.38. The summed E-state index contributed by atoms with van der Waals surface area (Å²) in [6, 6.07) is 8.30. The van der Waals surface area contributed by atoms with Crippen LogP contribution < -0.4 is 5.32 Å². The summed E-state index contributed by atoms with van der Waals surface area (Å²) in [7, 11) is 0. The number of benzene rings is 1. The van der Waals surface area contributed by atoms with Crippen LogP contribution in [0.15, 0.2) is 30.5 Å². The van der Waals surface area contributed by atoms with E-state index in [4.69, 9.17) is 0 Å². The number of nitrogens with one attached hydrogen (secondary N) is 2. The Bertz CT molecular complexity index is 586. The normalized spacial score (nSPS) is 12.8. The number of H-pyrrole nitrogens is 1. The molecule has 0 saturated heterocycles. The van der Waals surface area contributed by atoms with Crippen molar-refractivity contribution in [2.24, 2.45) is 11.8 Å². The van der Waals surface area contributed by atoms with Crippen molar-refractivity contribution in [1.82, 2.24) is 10.3 Å². The zero-order valence-corrected chi connectivity index (χ0v) is 13.3. The van der Waals surface area contributed by atoms with Gasteiger partial charge in [0.05, 0.1) is 0 Å². The highest BCUT2D eigenvalue weighted by Crippen LogP contribution is 2.19. The summed E-state index contributed by atoms with van der Waals surface area (Å²) in [5, 5.41) is 4.30. The van der Waals surface area contributed by atoms with Crippen molar-refractivity contribution in [2.75, 3.05) is 6.54 Å². The molecule has 3 heteroatoms. The second kappa shape index (κ2) is 7.30. The van der Waals surface area contributed by atoms with Crippen LogP contribution in [-0.2, 0) is 11.2 Å². The van der Waals surface area contributed by atoms with Crippen LogP contribution in [0.5, 0.6) is 0 Å². The van der Waals surface area contributed by atoms with E-state index in [0.29, 0.717) is 18.3 Å². The number of hydrogen-bond acceptors (Lipinski definition) is 1. The van der Waals surface area contributed by atoms with Gasteiger partial charge in [-0.3, -0.25) is 4.79 Å². The maximum atomic E-state index is 11.8. The van der Waals surface area contributed by atoms with E-state index < -0.39 is 0 Å². The van der Waals surface area contributed by atoms with Gasteiger partial charge >= 0.3 is 0 Å². The van der Waals surface area contributed by atoms with Crippen LogP contribution in [0.1, 0.15) is 39.2 Å². The topological polar surface area (TPSA) is 44.9 Å². The maximum absolute atomic E-state index is 11.8. The van der Waals surface area contributed by atoms with Crippen LogP contribution in [0.3, 0.4) is 0 Å². The average Bonchev–Trinajstić information content (AvgIpc) is 2.88. The molecule has 2 aromatic rings. The second-order valence-corrected chi connectivity index (χ2v) is 6.24. The van der Waals surface area contributed by atoms with E-state index in [-0.39, 0.29) is 5.91 Å². The molecule has 2 N–H and O–H groups in total. The van der Waals surface area contributed by atoms with Gasteiger partial charge in [0.25, 0.3) is 0 Å². The molecule has 1 amide bonds. The van der Waals surface area contributed by atoms with Gasteiger partial charge in [-0.05, 0) is 36.3 Å². The van der Waals surface area contributed by atoms with Gasteiger partial charge in [-0.1, -0.05) is 39.0 Å². The minimum atomic E-state index is 0.169. The Kier molecular flexibility index (Phi) is 5.43. The molecule has 0 fully saturated rings. The fourth-order valence-corrected chi connectivity index (χ4v) is 2.38. The number of amides is 1. The molecule has 1 heterocycles. The first kappa shape index (κ1) is 15.6. The first-order chi connectivity index (χ1) is 10.1. The van der Waals surface area contributed by atoms with Crippen LogP contribution in [-0.4, -0.2) is 17.4 Å². The molecule has 21 heavy (non-hydrogen) atoms. The number of aromatic amines is 1. The lowest BCUT2D eigenvalue weighted by molar-refractivity contribution is -0.121. The number of para-hydroxylation sites is 1. The zero-order chi connectivity index (χ0) is 15.2. The molecule has 0 aliphatic heterocycles. The van der Waals surface area contributed by atoms with Gasteiger partial charge in [0.2, 0.25) is 5.91 Å². The van der Waals surface area contributed by atoms with Crippen molar-refractivity contribution in [3.63, 3.8) is 0 Å². The number of aryl methyl sites for hydroxylation is 1. The van der Waals surface area contributed by atoms with Crippen molar-refractivity contribution in [3.8, 4) is 0 Å². The monoisotopic (exact) mass is 286 g/mol. The molecule has 3 nitrogen and oxygen atoms in total. The Morgan fingerprint density at radius 1 is 1.24 bits per heavy atom. The third-order valence-corrected chi connectivity index (χ3v) is 4.28. The molecule has 1 aromatic carbocycles. The Labute approximate surface area is 127 Å². The van der Waals surface area contributed by atoms with Gasteiger partial charge in [0.1, 0.15) is 0 Å². The van der Waals surface area contributed by atoms with E-state index in [2.05, 4.69) is 55.5 Å². The van der Waals surface area contributed by atoms with Gasteiger partial charge in [0.15, 0.2) is 0 Å². The molecule has 1 atom stereocenters. The fraction of sp³-hybridized carbons (Fsp3) is 0.500. The van der Waals surface area contributed by atoms with Gasteiger partial charge in [-0.2, -0.15) is 0 Å². The Hall–Kier alpha value is -1.77. The summed E-state index contributed by atoms with van der Waals surface area (Å²) in [6.07, 6.45) is 4.49. The molecule has 2 rings (SSSR count). The van der Waals surface area contributed by atoms with E-state index in [1.165, 1.54) is 16.5 Å². The van der Waals surface area contributed by atoms with E-state index in [9.17, 15) is 4.79 Å². The average molecular weight is 286 g/mol. The summed E-state index contributed by atoms with van der Waals surface area (Å²) in [5.74, 6) is 1.31. The molecule has 1 aromatic heterocycles. The van der Waals surface area contributed by atoms with Crippen molar-refractivity contribution in [2.45, 2.75) is 40.0 Å². The highest BCUT2D eigenvalue weighted by atomic mass is 16.1. The Morgan fingerprint density at radius 3 is 2.76 bits per heavy atom. The smallest absolute Gasteiger partial charge is 0.220 e. The van der Waals surface area contributed by atoms with Gasteiger partial charge in [-0.25, -0.2) is 0 Å². The van der Waals surface area contributed by atoms with Crippen molar-refractivity contribution in [1.29, 1.82) is 0 Å². The third-order valence-electron chi connectivity index (χ3n) is 4.28. The minimum Gasteiger partial charge on any atom is -0.361 e. The highest BCUT2D eigenvalue weighted by molar-refractivity contribution is 5.83. The highest BCUT2D eigenvalue weighted by Gasteiger charge is 2.09. The minimum absolute atomic E-state index is 0.169. The molecule has 0 spiro atoms. The van der Waals surface area contributed by atoms with Crippen LogP contribution >= 0.6 is 0 Å². The van der Waals surface area contributed by atoms with E-state index in [1.807, 2.05) is 6.07 Å². The van der Waals surface area contributed by atoms with E-state index in [0.717, 1.165) is 19.4 Å². The summed E-state index contributed by atoms with van der Waals surface area (Å²) in [5.41, 5.74) is 2.47. The van der Waals surface area contributed by atoms with E-state index >= 15 is 0 Å². The predicted molar refractivity (Wildman–Crippen MR) is 88.2 cm³/mol. The molecule has 0 aliphatic rings. The largest absolute Gasteiger partial charge is 0.361 e. The van der Waals surface area contributed by atoms with Gasteiger partial charge in [-0.15, -0.1) is 0 Å². The first-order valence-electron chi connectivity index (χ1n) is 7.89.